The van der Waals surface area contributed by atoms with Gasteiger partial charge in [0, 0.05) is 25.7 Å². The summed E-state index contributed by atoms with van der Waals surface area (Å²) in [6.45, 7) is 0. The Balaban J connectivity index is 1.78. The molecule has 0 unspecified atom stereocenters. The van der Waals surface area contributed by atoms with Crippen molar-refractivity contribution in [3.8, 4) is 0 Å². The lowest BCUT2D eigenvalue weighted by Crippen LogP contribution is -2.11. The molecule has 0 aliphatic heterocycles. The maximum atomic E-state index is 11.2. The van der Waals surface area contributed by atoms with Gasteiger partial charge in [0.2, 0.25) is 5.95 Å². The summed E-state index contributed by atoms with van der Waals surface area (Å²) in [6, 6.07) is 12.6. The van der Waals surface area contributed by atoms with Gasteiger partial charge >= 0.3 is 0 Å². The number of nitrogens with one attached hydrogen (secondary N) is 2. The number of benzene rings is 2. The number of anilines is 2. The Hall–Kier alpha value is -3.42. The first-order valence-electron chi connectivity index (χ1n) is 7.24. The van der Waals surface area contributed by atoms with Gasteiger partial charge in [-0.2, -0.15) is 5.10 Å². The Bertz CT molecular complexity index is 883. The van der Waals surface area contributed by atoms with Crippen molar-refractivity contribution in [3.05, 3.63) is 58.1 Å². The average molecular weight is 324 g/mol. The maximum absolute atomic E-state index is 11.2. The number of hydrogen-bond acceptors (Lipinski definition) is 6. The van der Waals surface area contributed by atoms with E-state index in [2.05, 4.69) is 20.5 Å². The molecule has 0 atom stereocenters. The van der Waals surface area contributed by atoms with Gasteiger partial charge in [0.1, 0.15) is 5.69 Å². The van der Waals surface area contributed by atoms with Crippen molar-refractivity contribution in [1.29, 1.82) is 0 Å². The number of fused-ring (bicyclic) bond motifs is 1. The van der Waals surface area contributed by atoms with Crippen molar-refractivity contribution < 1.29 is 4.92 Å². The standard InChI is InChI=1S/C16H16N6O2/c1-21(2)14-8-7-11(9-15(14)22(23)24)10-17-20-16-18-12-5-3-4-6-13(12)19-16/h3-10H,1-2H3,(H2,18,19,20)/b17-10-. The van der Waals surface area contributed by atoms with E-state index in [0.29, 0.717) is 17.2 Å². The van der Waals surface area contributed by atoms with E-state index < -0.39 is 4.92 Å². The minimum absolute atomic E-state index is 0.0349. The summed E-state index contributed by atoms with van der Waals surface area (Å²) >= 11 is 0. The minimum Gasteiger partial charge on any atom is -0.372 e. The predicted molar refractivity (Wildman–Crippen MR) is 94.7 cm³/mol. The minimum atomic E-state index is -0.403. The number of para-hydroxylation sites is 2. The van der Waals surface area contributed by atoms with Gasteiger partial charge in [-0.15, -0.1) is 0 Å². The van der Waals surface area contributed by atoms with E-state index in [0.717, 1.165) is 11.0 Å². The van der Waals surface area contributed by atoms with E-state index in [4.69, 9.17) is 0 Å². The van der Waals surface area contributed by atoms with Crippen LogP contribution in [0.1, 0.15) is 5.56 Å². The number of imidazole rings is 1. The number of aromatic nitrogens is 2. The van der Waals surface area contributed by atoms with E-state index in [1.165, 1.54) is 12.3 Å². The van der Waals surface area contributed by atoms with Crippen LogP contribution in [-0.4, -0.2) is 35.2 Å². The third-order valence-corrected chi connectivity index (χ3v) is 3.45. The Morgan fingerprint density at radius 3 is 2.79 bits per heavy atom. The van der Waals surface area contributed by atoms with Crippen LogP contribution in [0.25, 0.3) is 11.0 Å². The van der Waals surface area contributed by atoms with Gasteiger partial charge in [0.25, 0.3) is 5.69 Å². The van der Waals surface area contributed by atoms with E-state index in [-0.39, 0.29) is 5.69 Å². The van der Waals surface area contributed by atoms with Gasteiger partial charge < -0.3 is 9.88 Å². The van der Waals surface area contributed by atoms with Crippen LogP contribution in [0.15, 0.2) is 47.6 Å². The van der Waals surface area contributed by atoms with E-state index >= 15 is 0 Å². The fourth-order valence-electron chi connectivity index (χ4n) is 2.32. The SMILES string of the molecule is CN(C)c1ccc(/C=N\Nc2nc3ccccc3[nH]2)cc1[N+](=O)[O-]. The molecule has 0 saturated heterocycles. The van der Waals surface area contributed by atoms with Gasteiger partial charge in [-0.3, -0.25) is 10.1 Å². The lowest BCUT2D eigenvalue weighted by atomic mass is 10.2. The molecule has 122 valence electrons. The molecule has 0 amide bonds. The molecular weight excluding hydrogens is 308 g/mol. The highest BCUT2D eigenvalue weighted by Gasteiger charge is 2.15. The van der Waals surface area contributed by atoms with Crippen LogP contribution >= 0.6 is 0 Å². The van der Waals surface area contributed by atoms with Crippen LogP contribution in [0.5, 0.6) is 0 Å². The number of rotatable bonds is 5. The van der Waals surface area contributed by atoms with Crippen molar-refractivity contribution >= 4 is 34.6 Å². The normalized spacial score (nSPS) is 11.1. The molecule has 0 spiro atoms. The molecule has 3 aromatic rings. The molecule has 0 aliphatic rings. The fraction of sp³-hybridized carbons (Fsp3) is 0.125. The second-order valence-electron chi connectivity index (χ2n) is 5.37. The molecule has 2 N–H and O–H groups in total. The number of nitrogens with zero attached hydrogens (tertiary/aromatic N) is 4. The molecule has 0 saturated carbocycles. The monoisotopic (exact) mass is 324 g/mol. The Morgan fingerprint density at radius 2 is 2.08 bits per heavy atom. The van der Waals surface area contributed by atoms with Crippen molar-refractivity contribution in [2.75, 3.05) is 24.4 Å². The summed E-state index contributed by atoms with van der Waals surface area (Å²) in [7, 11) is 3.53. The molecule has 0 bridgehead atoms. The molecule has 0 radical (unpaired) electrons. The molecule has 8 heteroatoms. The predicted octanol–water partition coefficient (Wildman–Crippen LogP) is 2.98. The van der Waals surface area contributed by atoms with Crippen molar-refractivity contribution in [1.82, 2.24) is 9.97 Å². The molecule has 0 aliphatic carbocycles. The summed E-state index contributed by atoms with van der Waals surface area (Å²) in [6.07, 6.45) is 1.51. The first-order valence-corrected chi connectivity index (χ1v) is 7.24. The molecule has 3 rings (SSSR count). The topological polar surface area (TPSA) is 99.4 Å². The number of H-pyrrole nitrogens is 1. The van der Waals surface area contributed by atoms with Crippen LogP contribution in [0.3, 0.4) is 0 Å². The fourth-order valence-corrected chi connectivity index (χ4v) is 2.32. The average Bonchev–Trinajstić information content (AvgIpc) is 2.97. The first-order chi connectivity index (χ1) is 11.5. The van der Waals surface area contributed by atoms with Gasteiger partial charge in [-0.1, -0.05) is 18.2 Å². The van der Waals surface area contributed by atoms with Crippen LogP contribution in [0.2, 0.25) is 0 Å². The molecule has 8 nitrogen and oxygen atoms in total. The molecule has 1 heterocycles. The van der Waals surface area contributed by atoms with Gasteiger partial charge in [-0.25, -0.2) is 10.4 Å². The van der Waals surface area contributed by atoms with E-state index in [9.17, 15) is 10.1 Å². The van der Waals surface area contributed by atoms with Gasteiger partial charge in [0.15, 0.2) is 0 Å². The summed E-state index contributed by atoms with van der Waals surface area (Å²) < 4.78 is 0. The molecule has 0 fully saturated rings. The highest BCUT2D eigenvalue weighted by Crippen LogP contribution is 2.27. The lowest BCUT2D eigenvalue weighted by Gasteiger charge is -2.12. The summed E-state index contributed by atoms with van der Waals surface area (Å²) in [5, 5.41) is 15.3. The van der Waals surface area contributed by atoms with Crippen molar-refractivity contribution in [2.45, 2.75) is 0 Å². The molecule has 1 aromatic heterocycles. The van der Waals surface area contributed by atoms with Gasteiger partial charge in [-0.05, 0) is 18.2 Å². The molecule has 24 heavy (non-hydrogen) atoms. The number of nitro benzene ring substituents is 1. The summed E-state index contributed by atoms with van der Waals surface area (Å²) in [5.41, 5.74) is 5.73. The van der Waals surface area contributed by atoms with Gasteiger partial charge in [0.05, 0.1) is 22.2 Å². The second-order valence-corrected chi connectivity index (χ2v) is 5.37. The summed E-state index contributed by atoms with van der Waals surface area (Å²) in [5.74, 6) is 0.506. The third kappa shape index (κ3) is 3.17. The highest BCUT2D eigenvalue weighted by molar-refractivity contribution is 5.84. The lowest BCUT2D eigenvalue weighted by molar-refractivity contribution is -0.384. The zero-order chi connectivity index (χ0) is 17.1. The Labute approximate surface area is 138 Å². The van der Waals surface area contributed by atoms with Crippen molar-refractivity contribution in [2.24, 2.45) is 5.10 Å². The molecule has 2 aromatic carbocycles. The Kier molecular flexibility index (Phi) is 4.11. The quantitative estimate of drug-likeness (QED) is 0.427. The van der Waals surface area contributed by atoms with Crippen LogP contribution in [-0.2, 0) is 0 Å². The highest BCUT2D eigenvalue weighted by atomic mass is 16.6. The van der Waals surface area contributed by atoms with Crippen LogP contribution in [0, 0.1) is 10.1 Å². The van der Waals surface area contributed by atoms with E-state index in [1.807, 2.05) is 24.3 Å². The Morgan fingerprint density at radius 1 is 1.29 bits per heavy atom. The second kappa shape index (κ2) is 6.37. The first kappa shape index (κ1) is 15.5. The number of hydrogen-bond donors (Lipinski definition) is 2. The van der Waals surface area contributed by atoms with E-state index in [1.54, 1.807) is 31.1 Å². The molecular formula is C16H16N6O2. The number of aromatic amines is 1. The zero-order valence-electron chi connectivity index (χ0n) is 13.2. The van der Waals surface area contributed by atoms with Crippen LogP contribution in [0.4, 0.5) is 17.3 Å². The number of nitro groups is 1. The largest absolute Gasteiger partial charge is 0.372 e. The van der Waals surface area contributed by atoms with Crippen LogP contribution < -0.4 is 10.3 Å². The smallest absolute Gasteiger partial charge is 0.293 e. The summed E-state index contributed by atoms with van der Waals surface area (Å²) in [4.78, 5) is 19.9. The zero-order valence-corrected chi connectivity index (χ0v) is 13.2. The maximum Gasteiger partial charge on any atom is 0.293 e. The third-order valence-electron chi connectivity index (χ3n) is 3.45. The van der Waals surface area contributed by atoms with Crippen molar-refractivity contribution in [3.63, 3.8) is 0 Å². The number of hydrazone groups is 1.